The Morgan fingerprint density at radius 1 is 1.24 bits per heavy atom. The summed E-state index contributed by atoms with van der Waals surface area (Å²) >= 11 is 0. The van der Waals surface area contributed by atoms with Gasteiger partial charge < -0.3 is 10.6 Å². The Hall–Kier alpha value is -1.67. The number of aromatic nitrogens is 1. The third-order valence-electron chi connectivity index (χ3n) is 2.74. The smallest absolute Gasteiger partial charge is 0.211 e. The summed E-state index contributed by atoms with van der Waals surface area (Å²) in [5.41, 5.74) is 1.01. The van der Waals surface area contributed by atoms with E-state index in [1.54, 1.807) is 20.2 Å². The molecule has 0 saturated carbocycles. The summed E-state index contributed by atoms with van der Waals surface area (Å²) in [6, 6.07) is 5.81. The standard InChI is InChI=1S/C13H23N5O2S/c1-3-21(19,20)18-11-10-17-13(14-2)16-9-7-12-6-4-5-8-15-12/h4-6,8,18H,3,7,9-11H2,1-2H3,(H2,14,16,17). The van der Waals surface area contributed by atoms with Crippen molar-refractivity contribution in [3.63, 3.8) is 0 Å². The zero-order valence-electron chi connectivity index (χ0n) is 12.5. The minimum absolute atomic E-state index is 0.0874. The van der Waals surface area contributed by atoms with E-state index in [-0.39, 0.29) is 5.75 Å². The van der Waals surface area contributed by atoms with E-state index < -0.39 is 10.0 Å². The zero-order valence-corrected chi connectivity index (χ0v) is 13.3. The van der Waals surface area contributed by atoms with Crippen molar-refractivity contribution in [1.29, 1.82) is 0 Å². The molecule has 0 bridgehead atoms. The summed E-state index contributed by atoms with van der Waals surface area (Å²) < 4.78 is 25.0. The van der Waals surface area contributed by atoms with Crippen molar-refractivity contribution in [2.75, 3.05) is 32.4 Å². The molecule has 3 N–H and O–H groups in total. The molecule has 118 valence electrons. The Labute approximate surface area is 126 Å². The third kappa shape index (κ3) is 7.62. The highest BCUT2D eigenvalue weighted by molar-refractivity contribution is 7.89. The lowest BCUT2D eigenvalue weighted by atomic mass is 10.3. The van der Waals surface area contributed by atoms with Crippen LogP contribution in [0.2, 0.25) is 0 Å². The van der Waals surface area contributed by atoms with Crippen LogP contribution >= 0.6 is 0 Å². The van der Waals surface area contributed by atoms with Gasteiger partial charge >= 0.3 is 0 Å². The average molecular weight is 313 g/mol. The second-order valence-electron chi connectivity index (χ2n) is 4.29. The molecule has 0 atom stereocenters. The molecule has 0 unspecified atom stereocenters. The van der Waals surface area contributed by atoms with Gasteiger partial charge in [-0.3, -0.25) is 9.98 Å². The zero-order chi connectivity index (χ0) is 15.6. The number of aliphatic imine (C=N–C) groups is 1. The van der Waals surface area contributed by atoms with Gasteiger partial charge in [0.15, 0.2) is 5.96 Å². The van der Waals surface area contributed by atoms with Gasteiger partial charge in [-0.15, -0.1) is 0 Å². The van der Waals surface area contributed by atoms with Gasteiger partial charge in [-0.25, -0.2) is 13.1 Å². The van der Waals surface area contributed by atoms with E-state index in [0.29, 0.717) is 25.6 Å². The first-order valence-electron chi connectivity index (χ1n) is 6.89. The number of hydrogen-bond donors (Lipinski definition) is 3. The summed E-state index contributed by atoms with van der Waals surface area (Å²) in [6.07, 6.45) is 2.56. The maximum Gasteiger partial charge on any atom is 0.211 e. The fourth-order valence-electron chi connectivity index (χ4n) is 1.57. The van der Waals surface area contributed by atoms with Crippen LogP contribution in [0.15, 0.2) is 29.4 Å². The number of nitrogens with zero attached hydrogens (tertiary/aromatic N) is 2. The molecule has 0 amide bonds. The number of sulfonamides is 1. The Kier molecular flexibility index (Phi) is 7.70. The molecule has 1 rings (SSSR count). The average Bonchev–Trinajstić information content (AvgIpc) is 2.50. The second kappa shape index (κ2) is 9.30. The van der Waals surface area contributed by atoms with E-state index in [0.717, 1.165) is 12.1 Å². The van der Waals surface area contributed by atoms with Crippen LogP contribution in [-0.2, 0) is 16.4 Å². The first kappa shape index (κ1) is 17.4. The maximum atomic E-state index is 11.3. The van der Waals surface area contributed by atoms with Crippen LogP contribution in [0.4, 0.5) is 0 Å². The van der Waals surface area contributed by atoms with E-state index in [4.69, 9.17) is 0 Å². The van der Waals surface area contributed by atoms with Crippen molar-refractivity contribution < 1.29 is 8.42 Å². The Morgan fingerprint density at radius 3 is 2.62 bits per heavy atom. The highest BCUT2D eigenvalue weighted by Crippen LogP contribution is 1.92. The van der Waals surface area contributed by atoms with Crippen molar-refractivity contribution in [2.45, 2.75) is 13.3 Å². The summed E-state index contributed by atoms with van der Waals surface area (Å²) in [7, 11) is -1.46. The molecule has 0 aromatic carbocycles. The molecule has 1 aromatic rings. The highest BCUT2D eigenvalue weighted by atomic mass is 32.2. The summed E-state index contributed by atoms with van der Waals surface area (Å²) in [4.78, 5) is 8.31. The fraction of sp³-hybridized carbons (Fsp3) is 0.538. The molecule has 0 aliphatic carbocycles. The molecule has 0 aliphatic rings. The molecule has 0 radical (unpaired) electrons. The van der Waals surface area contributed by atoms with Gasteiger partial charge in [-0.1, -0.05) is 6.07 Å². The number of nitrogens with one attached hydrogen (secondary N) is 3. The third-order valence-corrected chi connectivity index (χ3v) is 4.15. The molecule has 21 heavy (non-hydrogen) atoms. The lowest BCUT2D eigenvalue weighted by Crippen LogP contribution is -2.42. The van der Waals surface area contributed by atoms with Crippen molar-refractivity contribution in [1.82, 2.24) is 20.3 Å². The van der Waals surface area contributed by atoms with Gasteiger partial charge in [-0.2, -0.15) is 0 Å². The van der Waals surface area contributed by atoms with E-state index in [9.17, 15) is 8.42 Å². The van der Waals surface area contributed by atoms with Gasteiger partial charge in [0.1, 0.15) is 0 Å². The van der Waals surface area contributed by atoms with Gasteiger partial charge in [-0.05, 0) is 19.1 Å². The molecule has 1 aromatic heterocycles. The Balaban J connectivity index is 2.21. The predicted octanol–water partition coefficient (Wildman–Crippen LogP) is -0.272. The van der Waals surface area contributed by atoms with Crippen LogP contribution in [0.25, 0.3) is 0 Å². The Bertz CT molecular complexity index is 531. The van der Waals surface area contributed by atoms with Crippen molar-refractivity contribution >= 4 is 16.0 Å². The van der Waals surface area contributed by atoms with Gasteiger partial charge in [0, 0.05) is 45.0 Å². The second-order valence-corrected chi connectivity index (χ2v) is 6.39. The Morgan fingerprint density at radius 2 is 2.00 bits per heavy atom. The molecule has 0 saturated heterocycles. The van der Waals surface area contributed by atoms with Crippen LogP contribution in [0.5, 0.6) is 0 Å². The molecule has 0 fully saturated rings. The molecule has 8 heteroatoms. The van der Waals surface area contributed by atoms with E-state index in [2.05, 4.69) is 25.3 Å². The van der Waals surface area contributed by atoms with Crippen LogP contribution < -0.4 is 15.4 Å². The first-order chi connectivity index (χ1) is 10.1. The molecule has 1 heterocycles. The SMILES string of the molecule is CCS(=O)(=O)NCCNC(=NC)NCCc1ccccn1. The summed E-state index contributed by atoms with van der Waals surface area (Å²) in [5, 5.41) is 6.20. The van der Waals surface area contributed by atoms with Gasteiger partial charge in [0.05, 0.1) is 5.75 Å². The normalized spacial score (nSPS) is 12.2. The number of rotatable bonds is 8. The van der Waals surface area contributed by atoms with Crippen LogP contribution in [-0.4, -0.2) is 51.8 Å². The molecule has 0 spiro atoms. The predicted molar refractivity (Wildman–Crippen MR) is 84.8 cm³/mol. The summed E-state index contributed by atoms with van der Waals surface area (Å²) in [5.74, 6) is 0.728. The summed E-state index contributed by atoms with van der Waals surface area (Å²) in [6.45, 7) is 3.12. The van der Waals surface area contributed by atoms with Crippen LogP contribution in [0.3, 0.4) is 0 Å². The maximum absolute atomic E-state index is 11.3. The van der Waals surface area contributed by atoms with Crippen molar-refractivity contribution in [3.8, 4) is 0 Å². The quantitative estimate of drug-likeness (QED) is 0.349. The van der Waals surface area contributed by atoms with Crippen molar-refractivity contribution in [3.05, 3.63) is 30.1 Å². The van der Waals surface area contributed by atoms with Crippen molar-refractivity contribution in [2.24, 2.45) is 4.99 Å². The number of guanidine groups is 1. The molecule has 0 aliphatic heterocycles. The number of hydrogen-bond acceptors (Lipinski definition) is 4. The first-order valence-corrected chi connectivity index (χ1v) is 8.54. The topological polar surface area (TPSA) is 95.5 Å². The van der Waals surface area contributed by atoms with E-state index in [1.807, 2.05) is 18.2 Å². The largest absolute Gasteiger partial charge is 0.356 e. The molecule has 7 nitrogen and oxygen atoms in total. The lowest BCUT2D eigenvalue weighted by molar-refractivity contribution is 0.582. The monoisotopic (exact) mass is 313 g/mol. The minimum atomic E-state index is -3.14. The van der Waals surface area contributed by atoms with E-state index in [1.165, 1.54) is 0 Å². The molecular weight excluding hydrogens is 290 g/mol. The molecular formula is C13H23N5O2S. The fourth-order valence-corrected chi connectivity index (χ4v) is 2.18. The number of pyridine rings is 1. The minimum Gasteiger partial charge on any atom is -0.356 e. The lowest BCUT2D eigenvalue weighted by Gasteiger charge is -2.12. The van der Waals surface area contributed by atoms with Crippen LogP contribution in [0, 0.1) is 0 Å². The van der Waals surface area contributed by atoms with Gasteiger partial charge in [0.25, 0.3) is 0 Å². The van der Waals surface area contributed by atoms with E-state index >= 15 is 0 Å². The highest BCUT2D eigenvalue weighted by Gasteiger charge is 2.04. The van der Waals surface area contributed by atoms with Gasteiger partial charge in [0.2, 0.25) is 10.0 Å². The van der Waals surface area contributed by atoms with Crippen LogP contribution in [0.1, 0.15) is 12.6 Å².